The topological polar surface area (TPSA) is 55.0 Å². The van der Waals surface area contributed by atoms with Crippen LogP contribution in [0.2, 0.25) is 0 Å². The van der Waals surface area contributed by atoms with E-state index in [1.807, 2.05) is 6.92 Å². The molecule has 0 atom stereocenters. The summed E-state index contributed by atoms with van der Waals surface area (Å²) in [5, 5.41) is 0. The zero-order valence-corrected chi connectivity index (χ0v) is 8.89. The Bertz CT molecular complexity index is 358. The van der Waals surface area contributed by atoms with E-state index in [0.717, 1.165) is 24.4 Å². The molecule has 78 valence electrons. The summed E-state index contributed by atoms with van der Waals surface area (Å²) >= 11 is 0. The Morgan fingerprint density at radius 3 is 2.71 bits per heavy atom. The van der Waals surface area contributed by atoms with Gasteiger partial charge in [0.15, 0.2) is 0 Å². The van der Waals surface area contributed by atoms with Crippen LogP contribution in [0, 0.1) is 13.8 Å². The molecule has 0 fully saturated rings. The molecule has 4 heteroatoms. The Hall–Kier alpha value is -1.16. The van der Waals surface area contributed by atoms with Crippen molar-refractivity contribution in [2.75, 3.05) is 13.7 Å². The fraction of sp³-hybridized carbons (Fsp3) is 0.600. The van der Waals surface area contributed by atoms with E-state index in [1.54, 1.807) is 14.0 Å². The Morgan fingerprint density at radius 2 is 2.14 bits per heavy atom. The Balaban J connectivity index is 2.75. The number of hydrogen-bond acceptors (Lipinski definition) is 3. The second-order valence-electron chi connectivity index (χ2n) is 3.32. The monoisotopic (exact) mass is 196 g/mol. The first-order chi connectivity index (χ1) is 6.65. The van der Waals surface area contributed by atoms with E-state index in [-0.39, 0.29) is 5.56 Å². The van der Waals surface area contributed by atoms with Crippen LogP contribution in [-0.2, 0) is 11.2 Å². The molecular weight excluding hydrogens is 180 g/mol. The molecule has 0 aliphatic carbocycles. The average Bonchev–Trinajstić information content (AvgIpc) is 2.14. The number of H-pyrrole nitrogens is 1. The van der Waals surface area contributed by atoms with Crippen molar-refractivity contribution in [3.8, 4) is 0 Å². The number of aryl methyl sites for hydroxylation is 2. The highest BCUT2D eigenvalue weighted by Gasteiger charge is 2.02. The summed E-state index contributed by atoms with van der Waals surface area (Å²) < 4.78 is 4.93. The van der Waals surface area contributed by atoms with E-state index in [2.05, 4.69) is 9.97 Å². The molecule has 0 saturated heterocycles. The van der Waals surface area contributed by atoms with Gasteiger partial charge in [-0.1, -0.05) is 0 Å². The molecule has 1 aromatic rings. The number of aromatic nitrogens is 2. The minimum absolute atomic E-state index is 0.0371. The summed E-state index contributed by atoms with van der Waals surface area (Å²) in [7, 11) is 1.66. The van der Waals surface area contributed by atoms with Gasteiger partial charge in [0, 0.05) is 31.4 Å². The maximum atomic E-state index is 11.4. The van der Waals surface area contributed by atoms with Gasteiger partial charge in [0.05, 0.1) is 0 Å². The van der Waals surface area contributed by atoms with Crippen LogP contribution in [0.4, 0.5) is 0 Å². The molecule has 0 aliphatic rings. The van der Waals surface area contributed by atoms with Crippen molar-refractivity contribution < 1.29 is 4.74 Å². The van der Waals surface area contributed by atoms with Gasteiger partial charge in [0.1, 0.15) is 5.82 Å². The number of hydrogen-bond donors (Lipinski definition) is 1. The minimum Gasteiger partial charge on any atom is -0.385 e. The molecule has 0 unspecified atom stereocenters. The van der Waals surface area contributed by atoms with Gasteiger partial charge < -0.3 is 9.72 Å². The maximum Gasteiger partial charge on any atom is 0.254 e. The van der Waals surface area contributed by atoms with E-state index in [9.17, 15) is 4.79 Å². The zero-order chi connectivity index (χ0) is 10.6. The maximum absolute atomic E-state index is 11.4. The summed E-state index contributed by atoms with van der Waals surface area (Å²) in [5.41, 5.74) is 1.46. The highest BCUT2D eigenvalue weighted by molar-refractivity contribution is 5.13. The zero-order valence-electron chi connectivity index (χ0n) is 8.89. The van der Waals surface area contributed by atoms with E-state index in [1.165, 1.54) is 0 Å². The highest BCUT2D eigenvalue weighted by atomic mass is 16.5. The SMILES string of the molecule is COCCCc1nc(C)c(C)c(=O)[nH]1. The Kier molecular flexibility index (Phi) is 3.83. The van der Waals surface area contributed by atoms with Gasteiger partial charge >= 0.3 is 0 Å². The largest absolute Gasteiger partial charge is 0.385 e. The molecule has 4 nitrogen and oxygen atoms in total. The lowest BCUT2D eigenvalue weighted by atomic mass is 10.2. The van der Waals surface area contributed by atoms with Gasteiger partial charge in [-0.3, -0.25) is 4.79 Å². The molecule has 0 saturated carbocycles. The molecule has 1 N–H and O–H groups in total. The standard InChI is InChI=1S/C10H16N2O2/c1-7-8(2)11-9(12-10(7)13)5-4-6-14-3/h4-6H2,1-3H3,(H,11,12,13). The van der Waals surface area contributed by atoms with Gasteiger partial charge in [-0.25, -0.2) is 4.98 Å². The van der Waals surface area contributed by atoms with Crippen LogP contribution in [0.25, 0.3) is 0 Å². The Labute approximate surface area is 83.3 Å². The van der Waals surface area contributed by atoms with Gasteiger partial charge in [-0.2, -0.15) is 0 Å². The molecule has 0 radical (unpaired) electrons. The molecule has 1 heterocycles. The van der Waals surface area contributed by atoms with Crippen molar-refractivity contribution in [1.29, 1.82) is 0 Å². The van der Waals surface area contributed by atoms with Crippen LogP contribution in [0.1, 0.15) is 23.5 Å². The quantitative estimate of drug-likeness (QED) is 0.730. The Morgan fingerprint density at radius 1 is 1.43 bits per heavy atom. The third kappa shape index (κ3) is 2.67. The molecule has 0 amide bonds. The lowest BCUT2D eigenvalue weighted by Crippen LogP contribution is -2.16. The van der Waals surface area contributed by atoms with Gasteiger partial charge in [0.25, 0.3) is 5.56 Å². The van der Waals surface area contributed by atoms with Crippen molar-refractivity contribution in [2.45, 2.75) is 26.7 Å². The summed E-state index contributed by atoms with van der Waals surface area (Å²) in [6.07, 6.45) is 1.63. The van der Waals surface area contributed by atoms with Crippen LogP contribution in [0.15, 0.2) is 4.79 Å². The molecule has 0 spiro atoms. The summed E-state index contributed by atoms with van der Waals surface area (Å²) in [5.74, 6) is 0.746. The first-order valence-corrected chi connectivity index (χ1v) is 4.70. The van der Waals surface area contributed by atoms with Crippen LogP contribution in [0.5, 0.6) is 0 Å². The van der Waals surface area contributed by atoms with Crippen molar-refractivity contribution in [2.24, 2.45) is 0 Å². The lowest BCUT2D eigenvalue weighted by molar-refractivity contribution is 0.194. The fourth-order valence-electron chi connectivity index (χ4n) is 1.21. The van der Waals surface area contributed by atoms with Crippen LogP contribution < -0.4 is 5.56 Å². The second-order valence-corrected chi connectivity index (χ2v) is 3.32. The second kappa shape index (κ2) is 4.91. The van der Waals surface area contributed by atoms with Crippen LogP contribution >= 0.6 is 0 Å². The fourth-order valence-corrected chi connectivity index (χ4v) is 1.21. The number of aromatic amines is 1. The molecule has 14 heavy (non-hydrogen) atoms. The van der Waals surface area contributed by atoms with Crippen molar-refractivity contribution in [3.05, 3.63) is 27.4 Å². The highest BCUT2D eigenvalue weighted by Crippen LogP contribution is 1.99. The number of rotatable bonds is 4. The molecule has 0 aromatic carbocycles. The van der Waals surface area contributed by atoms with Crippen LogP contribution in [-0.4, -0.2) is 23.7 Å². The number of methoxy groups -OCH3 is 1. The number of ether oxygens (including phenoxy) is 1. The van der Waals surface area contributed by atoms with Crippen molar-refractivity contribution in [3.63, 3.8) is 0 Å². The summed E-state index contributed by atoms with van der Waals surface area (Å²) in [4.78, 5) is 18.4. The molecular formula is C10H16N2O2. The lowest BCUT2D eigenvalue weighted by Gasteiger charge is -2.03. The third-order valence-corrected chi connectivity index (χ3v) is 2.21. The first-order valence-electron chi connectivity index (χ1n) is 4.70. The average molecular weight is 196 g/mol. The predicted octanol–water partition coefficient (Wildman–Crippen LogP) is 0.966. The van der Waals surface area contributed by atoms with Crippen LogP contribution in [0.3, 0.4) is 0 Å². The molecule has 1 rings (SSSR count). The van der Waals surface area contributed by atoms with E-state index in [4.69, 9.17) is 4.74 Å². The minimum atomic E-state index is -0.0371. The van der Waals surface area contributed by atoms with Gasteiger partial charge in [-0.15, -0.1) is 0 Å². The molecule has 0 bridgehead atoms. The number of nitrogens with zero attached hydrogens (tertiary/aromatic N) is 1. The van der Waals surface area contributed by atoms with E-state index < -0.39 is 0 Å². The predicted molar refractivity (Wildman–Crippen MR) is 54.5 cm³/mol. The summed E-state index contributed by atoms with van der Waals surface area (Å²) in [6, 6.07) is 0. The van der Waals surface area contributed by atoms with Crippen molar-refractivity contribution in [1.82, 2.24) is 9.97 Å². The van der Waals surface area contributed by atoms with Crippen molar-refractivity contribution >= 4 is 0 Å². The molecule has 0 aliphatic heterocycles. The third-order valence-electron chi connectivity index (χ3n) is 2.21. The molecule has 1 aromatic heterocycles. The van der Waals surface area contributed by atoms with Gasteiger partial charge in [0.2, 0.25) is 0 Å². The van der Waals surface area contributed by atoms with E-state index >= 15 is 0 Å². The summed E-state index contributed by atoms with van der Waals surface area (Å²) in [6.45, 7) is 4.32. The number of nitrogens with one attached hydrogen (secondary N) is 1. The van der Waals surface area contributed by atoms with E-state index in [0.29, 0.717) is 12.2 Å². The smallest absolute Gasteiger partial charge is 0.254 e. The van der Waals surface area contributed by atoms with Gasteiger partial charge in [-0.05, 0) is 20.3 Å². The first kappa shape index (κ1) is 10.9. The normalized spacial score (nSPS) is 10.5.